The van der Waals surface area contributed by atoms with Crippen molar-refractivity contribution in [1.82, 2.24) is 9.97 Å². The number of benzene rings is 1. The van der Waals surface area contributed by atoms with Crippen LogP contribution < -0.4 is 16.0 Å². The third-order valence-electron chi connectivity index (χ3n) is 3.10. The van der Waals surface area contributed by atoms with Crippen molar-refractivity contribution < 1.29 is 4.74 Å². The molecular formula is C15H19ClN4O. The number of nitrogens with two attached hydrogens (primary N) is 1. The summed E-state index contributed by atoms with van der Waals surface area (Å²) in [6.45, 7) is 5.88. The molecule has 1 aromatic heterocycles. The average Bonchev–Trinajstić information content (AvgIpc) is 2.45. The van der Waals surface area contributed by atoms with Gasteiger partial charge < -0.3 is 10.2 Å². The van der Waals surface area contributed by atoms with E-state index in [1.54, 1.807) is 6.07 Å². The first-order chi connectivity index (χ1) is 10.0. The molecule has 0 saturated heterocycles. The fourth-order valence-electron chi connectivity index (χ4n) is 1.95. The van der Waals surface area contributed by atoms with Gasteiger partial charge in [0.2, 0.25) is 5.88 Å². The van der Waals surface area contributed by atoms with Gasteiger partial charge in [0.25, 0.3) is 0 Å². The molecule has 5 nitrogen and oxygen atoms in total. The van der Waals surface area contributed by atoms with E-state index in [1.165, 1.54) is 0 Å². The standard InChI is InChI=1S/C15H19ClN4O/c1-4-5-13-18-14(20-17)10(3)15(19-13)21-12-7-6-11(16)8-9(12)2/h6-8H,4-5,17H2,1-3H3,(H,18,19,20). The lowest BCUT2D eigenvalue weighted by Crippen LogP contribution is -2.13. The van der Waals surface area contributed by atoms with E-state index in [4.69, 9.17) is 22.2 Å². The number of nitrogens with one attached hydrogen (secondary N) is 1. The molecule has 21 heavy (non-hydrogen) atoms. The minimum atomic E-state index is 0.506. The second kappa shape index (κ2) is 6.74. The summed E-state index contributed by atoms with van der Waals surface area (Å²) < 4.78 is 5.92. The SMILES string of the molecule is CCCc1nc(NN)c(C)c(Oc2ccc(Cl)cc2C)n1. The summed E-state index contributed by atoms with van der Waals surface area (Å²) in [7, 11) is 0. The molecule has 0 amide bonds. The van der Waals surface area contributed by atoms with Crippen LogP contribution in [0.4, 0.5) is 5.82 Å². The van der Waals surface area contributed by atoms with Gasteiger partial charge in [0.15, 0.2) is 0 Å². The molecule has 0 radical (unpaired) electrons. The van der Waals surface area contributed by atoms with Crippen molar-refractivity contribution in [2.45, 2.75) is 33.6 Å². The number of ether oxygens (including phenoxy) is 1. The fraction of sp³-hybridized carbons (Fsp3) is 0.333. The lowest BCUT2D eigenvalue weighted by molar-refractivity contribution is 0.451. The Morgan fingerprint density at radius 3 is 2.67 bits per heavy atom. The molecule has 1 heterocycles. The molecule has 0 aliphatic rings. The number of hydrogen-bond acceptors (Lipinski definition) is 5. The summed E-state index contributed by atoms with van der Waals surface area (Å²) in [5.74, 6) is 8.02. The van der Waals surface area contributed by atoms with Gasteiger partial charge in [-0.15, -0.1) is 0 Å². The topological polar surface area (TPSA) is 73.1 Å². The zero-order valence-electron chi connectivity index (χ0n) is 12.4. The summed E-state index contributed by atoms with van der Waals surface area (Å²) >= 11 is 5.96. The Bertz CT molecular complexity index is 646. The molecule has 6 heteroatoms. The normalized spacial score (nSPS) is 10.5. The summed E-state index contributed by atoms with van der Waals surface area (Å²) in [6, 6.07) is 5.46. The number of rotatable bonds is 5. The van der Waals surface area contributed by atoms with E-state index in [1.807, 2.05) is 26.0 Å². The predicted octanol–water partition coefficient (Wildman–Crippen LogP) is 3.78. The number of nitrogen functional groups attached to an aromatic ring is 1. The minimum Gasteiger partial charge on any atom is -0.438 e. The molecule has 0 aliphatic heterocycles. The van der Waals surface area contributed by atoms with Crippen LogP contribution in [0.15, 0.2) is 18.2 Å². The highest BCUT2D eigenvalue weighted by Gasteiger charge is 2.13. The van der Waals surface area contributed by atoms with Crippen LogP contribution in [0.5, 0.6) is 11.6 Å². The smallest absolute Gasteiger partial charge is 0.227 e. The largest absolute Gasteiger partial charge is 0.438 e. The molecular weight excluding hydrogens is 288 g/mol. The van der Waals surface area contributed by atoms with E-state index < -0.39 is 0 Å². The lowest BCUT2D eigenvalue weighted by Gasteiger charge is -2.14. The quantitative estimate of drug-likeness (QED) is 0.649. The van der Waals surface area contributed by atoms with Crippen molar-refractivity contribution in [2.75, 3.05) is 5.43 Å². The van der Waals surface area contributed by atoms with Crippen LogP contribution in [0.1, 0.15) is 30.3 Å². The molecule has 0 unspecified atom stereocenters. The number of anilines is 1. The molecule has 1 aromatic carbocycles. The average molecular weight is 307 g/mol. The number of aromatic nitrogens is 2. The van der Waals surface area contributed by atoms with E-state index in [0.29, 0.717) is 28.3 Å². The van der Waals surface area contributed by atoms with Gasteiger partial charge in [-0.05, 0) is 44.0 Å². The Balaban J connectivity index is 2.40. The summed E-state index contributed by atoms with van der Waals surface area (Å²) in [5, 5.41) is 0.676. The van der Waals surface area contributed by atoms with Gasteiger partial charge in [0.1, 0.15) is 17.4 Å². The molecule has 3 N–H and O–H groups in total. The first kappa shape index (κ1) is 15.5. The van der Waals surface area contributed by atoms with E-state index in [9.17, 15) is 0 Å². The molecule has 112 valence electrons. The van der Waals surface area contributed by atoms with Crippen molar-refractivity contribution >= 4 is 17.4 Å². The number of nitrogens with zero attached hydrogens (tertiary/aromatic N) is 2. The van der Waals surface area contributed by atoms with Crippen LogP contribution in [0, 0.1) is 13.8 Å². The number of hydrazine groups is 1. The van der Waals surface area contributed by atoms with Crippen LogP contribution in [0.25, 0.3) is 0 Å². The zero-order chi connectivity index (χ0) is 15.4. The number of aryl methyl sites for hydroxylation is 2. The van der Waals surface area contributed by atoms with Crippen molar-refractivity contribution in [1.29, 1.82) is 0 Å². The molecule has 0 aliphatic carbocycles. The van der Waals surface area contributed by atoms with E-state index in [2.05, 4.69) is 22.3 Å². The molecule has 2 rings (SSSR count). The Morgan fingerprint density at radius 1 is 1.29 bits per heavy atom. The highest BCUT2D eigenvalue weighted by molar-refractivity contribution is 6.30. The summed E-state index contributed by atoms with van der Waals surface area (Å²) in [4.78, 5) is 8.84. The maximum atomic E-state index is 5.96. The minimum absolute atomic E-state index is 0.506. The van der Waals surface area contributed by atoms with Crippen molar-refractivity contribution in [2.24, 2.45) is 5.84 Å². The van der Waals surface area contributed by atoms with Crippen LogP contribution in [-0.4, -0.2) is 9.97 Å². The van der Waals surface area contributed by atoms with Gasteiger partial charge in [0, 0.05) is 11.4 Å². The first-order valence-electron chi connectivity index (χ1n) is 6.83. The van der Waals surface area contributed by atoms with Crippen molar-refractivity contribution in [3.05, 3.63) is 40.2 Å². The van der Waals surface area contributed by atoms with Crippen LogP contribution in [0.2, 0.25) is 5.02 Å². The van der Waals surface area contributed by atoms with Crippen molar-refractivity contribution in [3.8, 4) is 11.6 Å². The zero-order valence-corrected chi connectivity index (χ0v) is 13.2. The van der Waals surface area contributed by atoms with Gasteiger partial charge in [-0.1, -0.05) is 18.5 Å². The summed E-state index contributed by atoms with van der Waals surface area (Å²) in [5.41, 5.74) is 4.31. The van der Waals surface area contributed by atoms with Gasteiger partial charge in [-0.25, -0.2) is 10.8 Å². The first-order valence-corrected chi connectivity index (χ1v) is 7.21. The number of halogens is 1. The Hall–Kier alpha value is -1.85. The Kier molecular flexibility index (Phi) is 4.98. The summed E-state index contributed by atoms with van der Waals surface area (Å²) in [6.07, 6.45) is 1.72. The molecule has 2 aromatic rings. The van der Waals surface area contributed by atoms with E-state index in [0.717, 1.165) is 24.0 Å². The van der Waals surface area contributed by atoms with Gasteiger partial charge in [-0.2, -0.15) is 4.98 Å². The predicted molar refractivity (Wildman–Crippen MR) is 84.8 cm³/mol. The van der Waals surface area contributed by atoms with Gasteiger partial charge >= 0.3 is 0 Å². The van der Waals surface area contributed by atoms with Crippen LogP contribution in [0.3, 0.4) is 0 Å². The lowest BCUT2D eigenvalue weighted by atomic mass is 10.2. The fourth-order valence-corrected chi connectivity index (χ4v) is 2.17. The maximum absolute atomic E-state index is 5.96. The van der Waals surface area contributed by atoms with Crippen LogP contribution in [-0.2, 0) is 6.42 Å². The van der Waals surface area contributed by atoms with E-state index >= 15 is 0 Å². The maximum Gasteiger partial charge on any atom is 0.227 e. The number of hydrogen-bond donors (Lipinski definition) is 2. The molecule has 0 saturated carbocycles. The van der Waals surface area contributed by atoms with Gasteiger partial charge in [0.05, 0.1) is 5.56 Å². The van der Waals surface area contributed by atoms with Crippen molar-refractivity contribution in [3.63, 3.8) is 0 Å². The Labute approximate surface area is 129 Å². The van der Waals surface area contributed by atoms with E-state index in [-0.39, 0.29) is 0 Å². The molecule has 0 fully saturated rings. The third kappa shape index (κ3) is 3.62. The molecule has 0 spiro atoms. The highest BCUT2D eigenvalue weighted by atomic mass is 35.5. The molecule has 0 atom stereocenters. The van der Waals surface area contributed by atoms with Crippen LogP contribution >= 0.6 is 11.6 Å². The highest BCUT2D eigenvalue weighted by Crippen LogP contribution is 2.30. The molecule has 0 bridgehead atoms. The third-order valence-corrected chi connectivity index (χ3v) is 3.34. The second-order valence-electron chi connectivity index (χ2n) is 4.82. The second-order valence-corrected chi connectivity index (χ2v) is 5.26. The monoisotopic (exact) mass is 306 g/mol. The Morgan fingerprint density at radius 2 is 2.05 bits per heavy atom. The van der Waals surface area contributed by atoms with Gasteiger partial charge in [-0.3, -0.25) is 0 Å².